The number of amides is 1. The molecular weight excluding hydrogens is 273 g/mol. The molecule has 18 heavy (non-hydrogen) atoms. The van der Waals surface area contributed by atoms with Gasteiger partial charge >= 0.3 is 0 Å². The van der Waals surface area contributed by atoms with Gasteiger partial charge < -0.3 is 9.73 Å². The van der Waals surface area contributed by atoms with Crippen molar-refractivity contribution in [2.24, 2.45) is 0 Å². The third kappa shape index (κ3) is 2.75. The van der Waals surface area contributed by atoms with Gasteiger partial charge in [-0.05, 0) is 35.9 Å². The highest BCUT2D eigenvalue weighted by Gasteiger charge is 2.21. The van der Waals surface area contributed by atoms with Crippen LogP contribution in [0.3, 0.4) is 0 Å². The number of furan rings is 1. The Balaban J connectivity index is 0.000000169. The first-order valence-corrected chi connectivity index (χ1v) is 5.82. The van der Waals surface area contributed by atoms with Gasteiger partial charge in [0.15, 0.2) is 5.22 Å². The van der Waals surface area contributed by atoms with Crippen LogP contribution in [-0.2, 0) is 4.79 Å². The van der Waals surface area contributed by atoms with Gasteiger partial charge in [-0.2, -0.15) is 0 Å². The SMILES string of the molecule is C=C1C(=O)Nc2cc(Cl)ccc21.Clc1ccco1. The lowest BCUT2D eigenvalue weighted by molar-refractivity contribution is -0.110. The molecule has 0 saturated carbocycles. The molecule has 1 amide bonds. The summed E-state index contributed by atoms with van der Waals surface area (Å²) >= 11 is 11.0. The van der Waals surface area contributed by atoms with Gasteiger partial charge in [-0.15, -0.1) is 0 Å². The molecule has 92 valence electrons. The molecule has 0 fully saturated rings. The topological polar surface area (TPSA) is 42.2 Å². The lowest BCUT2D eigenvalue weighted by Crippen LogP contribution is -2.02. The van der Waals surface area contributed by atoms with E-state index in [1.54, 1.807) is 30.3 Å². The molecule has 2 aromatic rings. The molecule has 0 aliphatic carbocycles. The molecule has 1 aliphatic heterocycles. The van der Waals surface area contributed by atoms with E-state index in [9.17, 15) is 4.79 Å². The summed E-state index contributed by atoms with van der Waals surface area (Å²) in [6, 6.07) is 8.67. The van der Waals surface area contributed by atoms with Crippen LogP contribution in [0.1, 0.15) is 5.56 Å². The van der Waals surface area contributed by atoms with Crippen LogP contribution >= 0.6 is 23.2 Å². The van der Waals surface area contributed by atoms with Crippen molar-refractivity contribution < 1.29 is 9.21 Å². The fourth-order valence-corrected chi connectivity index (χ4v) is 1.76. The number of carbonyl (C=O) groups is 1. The van der Waals surface area contributed by atoms with Crippen LogP contribution in [0.15, 0.2) is 47.6 Å². The standard InChI is InChI=1S/C9H6ClNO.C4H3ClO/c1-5-7-3-2-6(10)4-8(7)11-9(5)12;5-4-2-1-3-6-4/h2-4H,1H2,(H,11,12);1-3H. The summed E-state index contributed by atoms with van der Waals surface area (Å²) < 4.78 is 4.60. The second-order valence-corrected chi connectivity index (χ2v) is 4.35. The van der Waals surface area contributed by atoms with E-state index < -0.39 is 0 Å². The van der Waals surface area contributed by atoms with Crippen molar-refractivity contribution in [2.75, 3.05) is 5.32 Å². The van der Waals surface area contributed by atoms with Crippen LogP contribution in [0.25, 0.3) is 5.57 Å². The van der Waals surface area contributed by atoms with Gasteiger partial charge in [0.1, 0.15) is 0 Å². The number of benzene rings is 1. The minimum Gasteiger partial charge on any atom is -0.453 e. The summed E-state index contributed by atoms with van der Waals surface area (Å²) in [5.41, 5.74) is 2.09. The van der Waals surface area contributed by atoms with Crippen molar-refractivity contribution in [1.82, 2.24) is 0 Å². The molecule has 2 heterocycles. The maximum Gasteiger partial charge on any atom is 0.255 e. The van der Waals surface area contributed by atoms with Gasteiger partial charge in [-0.3, -0.25) is 4.79 Å². The molecule has 0 spiro atoms. The van der Waals surface area contributed by atoms with Crippen LogP contribution in [0.2, 0.25) is 10.2 Å². The number of nitrogens with one attached hydrogen (secondary N) is 1. The Morgan fingerprint density at radius 3 is 2.56 bits per heavy atom. The zero-order valence-corrected chi connectivity index (χ0v) is 10.8. The van der Waals surface area contributed by atoms with Crippen LogP contribution in [-0.4, -0.2) is 5.91 Å². The van der Waals surface area contributed by atoms with Crippen molar-refractivity contribution in [3.05, 3.63) is 59.0 Å². The second kappa shape index (κ2) is 5.29. The molecule has 1 N–H and O–H groups in total. The summed E-state index contributed by atoms with van der Waals surface area (Å²) in [7, 11) is 0. The third-order valence-electron chi connectivity index (χ3n) is 2.32. The number of hydrogen-bond donors (Lipinski definition) is 1. The van der Waals surface area contributed by atoms with Crippen LogP contribution in [0, 0.1) is 0 Å². The van der Waals surface area contributed by atoms with Gasteiger partial charge in [0.25, 0.3) is 5.91 Å². The van der Waals surface area contributed by atoms with E-state index in [1.807, 2.05) is 0 Å². The fraction of sp³-hybridized carbons (Fsp3) is 0. The smallest absolute Gasteiger partial charge is 0.255 e. The minimum absolute atomic E-state index is 0.146. The van der Waals surface area contributed by atoms with Gasteiger partial charge in [-0.1, -0.05) is 24.2 Å². The molecular formula is C13H9Cl2NO2. The number of anilines is 1. The predicted octanol–water partition coefficient (Wildman–Crippen LogP) is 4.24. The van der Waals surface area contributed by atoms with Gasteiger partial charge in [0, 0.05) is 16.2 Å². The highest BCUT2D eigenvalue weighted by atomic mass is 35.5. The molecule has 1 aliphatic rings. The average molecular weight is 282 g/mol. The molecule has 0 radical (unpaired) electrons. The number of halogens is 2. The number of rotatable bonds is 0. The van der Waals surface area contributed by atoms with E-state index in [4.69, 9.17) is 23.2 Å². The van der Waals surface area contributed by atoms with E-state index in [1.165, 1.54) is 6.26 Å². The largest absolute Gasteiger partial charge is 0.453 e. The fourth-order valence-electron chi connectivity index (χ4n) is 1.46. The van der Waals surface area contributed by atoms with Crippen LogP contribution in [0.5, 0.6) is 0 Å². The van der Waals surface area contributed by atoms with E-state index in [2.05, 4.69) is 16.3 Å². The summed E-state index contributed by atoms with van der Waals surface area (Å²) in [4.78, 5) is 11.1. The average Bonchev–Trinajstić information content (AvgIpc) is 2.89. The normalized spacial score (nSPS) is 12.6. The molecule has 3 nitrogen and oxygen atoms in total. The molecule has 0 saturated heterocycles. The Labute approximate surface area is 114 Å². The van der Waals surface area contributed by atoms with Gasteiger partial charge in [0.05, 0.1) is 12.0 Å². The monoisotopic (exact) mass is 281 g/mol. The zero-order chi connectivity index (χ0) is 13.1. The van der Waals surface area contributed by atoms with E-state index >= 15 is 0 Å². The van der Waals surface area contributed by atoms with E-state index in [0.717, 1.165) is 11.3 Å². The van der Waals surface area contributed by atoms with Gasteiger partial charge in [-0.25, -0.2) is 0 Å². The van der Waals surface area contributed by atoms with Crippen molar-refractivity contribution >= 4 is 40.4 Å². The van der Waals surface area contributed by atoms with E-state index in [-0.39, 0.29) is 5.91 Å². The Hall–Kier alpha value is -1.71. The second-order valence-electron chi connectivity index (χ2n) is 3.54. The summed E-state index contributed by atoms with van der Waals surface area (Å²) in [6.07, 6.45) is 1.53. The molecule has 0 unspecified atom stereocenters. The van der Waals surface area contributed by atoms with Crippen molar-refractivity contribution in [1.29, 1.82) is 0 Å². The summed E-state index contributed by atoms with van der Waals surface area (Å²) in [6.45, 7) is 3.65. The van der Waals surface area contributed by atoms with Crippen LogP contribution < -0.4 is 5.32 Å². The number of hydrogen-bond acceptors (Lipinski definition) is 2. The summed E-state index contributed by atoms with van der Waals surface area (Å²) in [5, 5.41) is 3.72. The maximum absolute atomic E-state index is 11.1. The molecule has 0 atom stereocenters. The first-order chi connectivity index (χ1) is 8.58. The predicted molar refractivity (Wildman–Crippen MR) is 72.8 cm³/mol. The van der Waals surface area contributed by atoms with Crippen molar-refractivity contribution in [2.45, 2.75) is 0 Å². The number of carbonyl (C=O) groups excluding carboxylic acids is 1. The quantitative estimate of drug-likeness (QED) is 0.734. The zero-order valence-electron chi connectivity index (χ0n) is 9.24. The highest BCUT2D eigenvalue weighted by Crippen LogP contribution is 2.32. The molecule has 1 aromatic heterocycles. The maximum atomic E-state index is 11.1. The third-order valence-corrected chi connectivity index (χ3v) is 2.77. The molecule has 3 rings (SSSR count). The lowest BCUT2D eigenvalue weighted by Gasteiger charge is -1.96. The van der Waals surface area contributed by atoms with Crippen LogP contribution in [0.4, 0.5) is 5.69 Å². The van der Waals surface area contributed by atoms with E-state index in [0.29, 0.717) is 15.8 Å². The Kier molecular flexibility index (Phi) is 3.75. The Bertz CT molecular complexity index is 591. The molecule has 5 heteroatoms. The highest BCUT2D eigenvalue weighted by molar-refractivity contribution is 6.34. The first-order valence-electron chi connectivity index (χ1n) is 5.07. The van der Waals surface area contributed by atoms with Crippen molar-refractivity contribution in [3.63, 3.8) is 0 Å². The molecule has 0 bridgehead atoms. The molecule has 1 aromatic carbocycles. The van der Waals surface area contributed by atoms with Gasteiger partial charge in [0.2, 0.25) is 0 Å². The first kappa shape index (κ1) is 12.7. The Morgan fingerprint density at radius 2 is 2.00 bits per heavy atom. The Morgan fingerprint density at radius 1 is 1.22 bits per heavy atom. The summed E-state index contributed by atoms with van der Waals surface area (Å²) in [5.74, 6) is -0.146. The lowest BCUT2D eigenvalue weighted by atomic mass is 10.1. The number of fused-ring (bicyclic) bond motifs is 1. The minimum atomic E-state index is -0.146. The van der Waals surface area contributed by atoms with Crippen molar-refractivity contribution in [3.8, 4) is 0 Å².